The molecule has 2 N–H and O–H groups in total. The Kier molecular flexibility index (Phi) is 4.04. The summed E-state index contributed by atoms with van der Waals surface area (Å²) in [5.41, 5.74) is 5.95. The molecule has 0 amide bonds. The van der Waals surface area contributed by atoms with E-state index in [-0.39, 0.29) is 0 Å². The predicted molar refractivity (Wildman–Crippen MR) is 64.8 cm³/mol. The minimum atomic E-state index is 0.339. The summed E-state index contributed by atoms with van der Waals surface area (Å²) in [6.45, 7) is 4.58. The summed E-state index contributed by atoms with van der Waals surface area (Å²) in [7, 11) is 0. The maximum absolute atomic E-state index is 5.95. The van der Waals surface area contributed by atoms with Crippen molar-refractivity contribution in [3.8, 4) is 0 Å². The van der Waals surface area contributed by atoms with Crippen molar-refractivity contribution in [1.82, 2.24) is 4.90 Å². The fourth-order valence-electron chi connectivity index (χ4n) is 2.82. The second kappa shape index (κ2) is 5.31. The fraction of sp³-hybridized carbons (Fsp3) is 1.00. The molecule has 2 fully saturated rings. The van der Waals surface area contributed by atoms with Crippen molar-refractivity contribution in [3.05, 3.63) is 0 Å². The van der Waals surface area contributed by atoms with E-state index in [1.807, 2.05) is 0 Å². The van der Waals surface area contributed by atoms with Crippen LogP contribution in [0.3, 0.4) is 0 Å². The third-order valence-electron chi connectivity index (χ3n) is 3.80. The average molecular weight is 210 g/mol. The molecule has 0 aromatic carbocycles. The minimum Gasteiger partial charge on any atom is -0.327 e. The normalized spacial score (nSPS) is 25.8. The van der Waals surface area contributed by atoms with Crippen molar-refractivity contribution in [2.75, 3.05) is 13.1 Å². The average Bonchev–Trinajstić information content (AvgIpc) is 3.01. The molecule has 0 radical (unpaired) electrons. The molecule has 2 saturated carbocycles. The zero-order valence-corrected chi connectivity index (χ0v) is 10.1. The fourth-order valence-corrected chi connectivity index (χ4v) is 2.82. The van der Waals surface area contributed by atoms with Crippen molar-refractivity contribution in [2.45, 2.75) is 64.0 Å². The molecule has 0 aliphatic heterocycles. The van der Waals surface area contributed by atoms with Gasteiger partial charge >= 0.3 is 0 Å². The Bertz CT molecular complexity index is 177. The molecule has 2 aliphatic rings. The molecule has 2 aliphatic carbocycles. The summed E-state index contributed by atoms with van der Waals surface area (Å²) < 4.78 is 0. The number of nitrogens with zero attached hydrogens (tertiary/aromatic N) is 1. The highest BCUT2D eigenvalue weighted by atomic mass is 15.2. The van der Waals surface area contributed by atoms with Crippen molar-refractivity contribution in [2.24, 2.45) is 11.7 Å². The van der Waals surface area contributed by atoms with Crippen molar-refractivity contribution >= 4 is 0 Å². The molecular weight excluding hydrogens is 184 g/mol. The zero-order chi connectivity index (χ0) is 10.7. The Morgan fingerprint density at radius 2 is 1.80 bits per heavy atom. The molecule has 88 valence electrons. The molecule has 0 aromatic rings. The Balaban J connectivity index is 1.83. The van der Waals surface area contributed by atoms with E-state index < -0.39 is 0 Å². The molecule has 15 heavy (non-hydrogen) atoms. The molecule has 0 aromatic heterocycles. The number of nitrogens with two attached hydrogens (primary N) is 1. The molecule has 0 saturated heterocycles. The summed E-state index contributed by atoms with van der Waals surface area (Å²) in [5.74, 6) is 1.01. The quantitative estimate of drug-likeness (QED) is 0.755. The Labute approximate surface area is 94.2 Å². The lowest BCUT2D eigenvalue weighted by Gasteiger charge is -2.35. The highest BCUT2D eigenvalue weighted by molar-refractivity contribution is 4.84. The summed E-state index contributed by atoms with van der Waals surface area (Å²) in [5, 5.41) is 0. The second-order valence-electron chi connectivity index (χ2n) is 5.67. The largest absolute Gasteiger partial charge is 0.327 e. The second-order valence-corrected chi connectivity index (χ2v) is 5.67. The van der Waals surface area contributed by atoms with Gasteiger partial charge in [0.25, 0.3) is 0 Å². The third kappa shape index (κ3) is 3.76. The van der Waals surface area contributed by atoms with E-state index >= 15 is 0 Å². The Morgan fingerprint density at radius 3 is 2.33 bits per heavy atom. The van der Waals surface area contributed by atoms with Gasteiger partial charge in [-0.15, -0.1) is 0 Å². The van der Waals surface area contributed by atoms with Gasteiger partial charge in [-0.3, -0.25) is 4.90 Å². The summed E-state index contributed by atoms with van der Waals surface area (Å²) >= 11 is 0. The van der Waals surface area contributed by atoms with Gasteiger partial charge in [-0.1, -0.05) is 19.3 Å². The van der Waals surface area contributed by atoms with Crippen LogP contribution in [0.4, 0.5) is 0 Å². The van der Waals surface area contributed by atoms with E-state index in [2.05, 4.69) is 11.8 Å². The number of hydrogen-bond acceptors (Lipinski definition) is 2. The Hall–Kier alpha value is -0.0800. The minimum absolute atomic E-state index is 0.339. The lowest BCUT2D eigenvalue weighted by atomic mass is 9.93. The molecule has 1 atom stereocenters. The first-order valence-corrected chi connectivity index (χ1v) is 6.75. The number of rotatable bonds is 5. The smallest absolute Gasteiger partial charge is 0.0139 e. The standard InChI is InChI=1S/C13H26N2/c1-11(14)9-15(10-12-7-8-12)13-5-3-2-4-6-13/h11-13H,2-10,14H2,1H3. The van der Waals surface area contributed by atoms with Crippen LogP contribution in [-0.4, -0.2) is 30.1 Å². The van der Waals surface area contributed by atoms with Crippen molar-refractivity contribution in [3.63, 3.8) is 0 Å². The van der Waals surface area contributed by atoms with Gasteiger partial charge in [0.05, 0.1) is 0 Å². The number of hydrogen-bond donors (Lipinski definition) is 1. The van der Waals surface area contributed by atoms with Crippen LogP contribution in [0.1, 0.15) is 51.9 Å². The van der Waals surface area contributed by atoms with Crippen LogP contribution in [0.25, 0.3) is 0 Å². The molecular formula is C13H26N2. The van der Waals surface area contributed by atoms with Crippen LogP contribution in [0, 0.1) is 5.92 Å². The predicted octanol–water partition coefficient (Wildman–Crippen LogP) is 2.38. The van der Waals surface area contributed by atoms with E-state index in [4.69, 9.17) is 5.73 Å². The molecule has 0 bridgehead atoms. The van der Waals surface area contributed by atoms with Crippen LogP contribution in [0.2, 0.25) is 0 Å². The van der Waals surface area contributed by atoms with E-state index in [9.17, 15) is 0 Å². The zero-order valence-electron chi connectivity index (χ0n) is 10.1. The van der Waals surface area contributed by atoms with Crippen molar-refractivity contribution < 1.29 is 0 Å². The van der Waals surface area contributed by atoms with E-state index in [1.54, 1.807) is 0 Å². The maximum Gasteiger partial charge on any atom is 0.0139 e. The molecule has 0 heterocycles. The van der Waals surface area contributed by atoms with Gasteiger partial charge in [-0.25, -0.2) is 0 Å². The van der Waals surface area contributed by atoms with Crippen LogP contribution in [0.15, 0.2) is 0 Å². The van der Waals surface area contributed by atoms with Gasteiger partial charge in [-0.2, -0.15) is 0 Å². The topological polar surface area (TPSA) is 29.3 Å². The van der Waals surface area contributed by atoms with Crippen LogP contribution < -0.4 is 5.73 Å². The van der Waals surface area contributed by atoms with Gasteiger partial charge in [-0.05, 0) is 38.5 Å². The summed E-state index contributed by atoms with van der Waals surface area (Å²) in [4.78, 5) is 2.70. The van der Waals surface area contributed by atoms with Gasteiger partial charge < -0.3 is 5.73 Å². The van der Waals surface area contributed by atoms with Crippen LogP contribution in [-0.2, 0) is 0 Å². The molecule has 2 rings (SSSR count). The van der Waals surface area contributed by atoms with Crippen LogP contribution >= 0.6 is 0 Å². The summed E-state index contributed by atoms with van der Waals surface area (Å²) in [6.07, 6.45) is 10.1. The highest BCUT2D eigenvalue weighted by Crippen LogP contribution is 2.32. The Morgan fingerprint density at radius 1 is 1.13 bits per heavy atom. The van der Waals surface area contributed by atoms with Gasteiger partial charge in [0.2, 0.25) is 0 Å². The van der Waals surface area contributed by atoms with Gasteiger partial charge in [0.15, 0.2) is 0 Å². The molecule has 1 unspecified atom stereocenters. The monoisotopic (exact) mass is 210 g/mol. The SMILES string of the molecule is CC(N)CN(CC1CC1)C1CCCCC1. The first-order valence-electron chi connectivity index (χ1n) is 6.75. The van der Waals surface area contributed by atoms with Gasteiger partial charge in [0.1, 0.15) is 0 Å². The lowest BCUT2D eigenvalue weighted by molar-refractivity contribution is 0.143. The van der Waals surface area contributed by atoms with E-state index in [1.165, 1.54) is 51.5 Å². The first kappa shape index (κ1) is 11.4. The summed E-state index contributed by atoms with van der Waals surface area (Å²) in [6, 6.07) is 1.19. The van der Waals surface area contributed by atoms with Crippen molar-refractivity contribution in [1.29, 1.82) is 0 Å². The maximum atomic E-state index is 5.95. The highest BCUT2D eigenvalue weighted by Gasteiger charge is 2.29. The lowest BCUT2D eigenvalue weighted by Crippen LogP contribution is -2.44. The van der Waals surface area contributed by atoms with Crippen LogP contribution in [0.5, 0.6) is 0 Å². The molecule has 2 heteroatoms. The van der Waals surface area contributed by atoms with Gasteiger partial charge in [0, 0.05) is 25.2 Å². The third-order valence-corrected chi connectivity index (χ3v) is 3.80. The van der Waals surface area contributed by atoms with E-state index in [0.29, 0.717) is 6.04 Å². The molecule has 0 spiro atoms. The molecule has 2 nitrogen and oxygen atoms in total. The first-order chi connectivity index (χ1) is 7.25. The van der Waals surface area contributed by atoms with E-state index in [0.717, 1.165) is 18.5 Å².